The highest BCUT2D eigenvalue weighted by molar-refractivity contribution is 5.76. The van der Waals surface area contributed by atoms with Crippen molar-refractivity contribution in [1.29, 1.82) is 0 Å². The molecule has 0 aliphatic carbocycles. The summed E-state index contributed by atoms with van der Waals surface area (Å²) in [5, 5.41) is 23.5. The fourth-order valence-electron chi connectivity index (χ4n) is 13.4. The molecule has 0 aromatic carbocycles. The molecule has 0 aliphatic heterocycles. The van der Waals surface area contributed by atoms with Crippen molar-refractivity contribution in [3.05, 3.63) is 24.3 Å². The summed E-state index contributed by atoms with van der Waals surface area (Å²) in [7, 11) is 0. The Balaban J connectivity index is 3.32. The molecule has 0 fully saturated rings. The molecular weight excluding hydrogens is 1100 g/mol. The first-order valence-electron chi connectivity index (χ1n) is 41.6. The lowest BCUT2D eigenvalue weighted by molar-refractivity contribution is -0.143. The lowest BCUT2D eigenvalue weighted by Gasteiger charge is -2.22. The Kier molecular flexibility index (Phi) is 78.3. The van der Waals surface area contributed by atoms with E-state index in [0.717, 1.165) is 51.4 Å². The second-order valence-electron chi connectivity index (χ2n) is 28.8. The molecule has 3 N–H and O–H groups in total. The fourth-order valence-corrected chi connectivity index (χ4v) is 13.4. The highest BCUT2D eigenvalue weighted by Crippen LogP contribution is 2.21. The number of nitrogens with one attached hydrogen (secondary N) is 1. The van der Waals surface area contributed by atoms with E-state index in [1.54, 1.807) is 0 Å². The second kappa shape index (κ2) is 79.8. The summed E-state index contributed by atoms with van der Waals surface area (Å²) in [6.45, 7) is 4.98. The van der Waals surface area contributed by atoms with E-state index in [2.05, 4.69) is 43.5 Å². The van der Waals surface area contributed by atoms with Crippen molar-refractivity contribution in [2.24, 2.45) is 0 Å². The maximum absolute atomic E-state index is 12.6. The highest BCUT2D eigenvalue weighted by Gasteiger charge is 2.20. The zero-order chi connectivity index (χ0) is 64.9. The highest BCUT2D eigenvalue weighted by atomic mass is 16.5. The molecule has 0 aromatic rings. The van der Waals surface area contributed by atoms with Gasteiger partial charge in [-0.25, -0.2) is 0 Å². The van der Waals surface area contributed by atoms with E-state index in [4.69, 9.17) is 4.74 Å². The molecule has 0 aliphatic rings. The average Bonchev–Trinajstić information content (AvgIpc) is 3.68. The van der Waals surface area contributed by atoms with Crippen LogP contribution in [0.25, 0.3) is 0 Å². The van der Waals surface area contributed by atoms with E-state index >= 15 is 0 Å². The molecule has 0 heterocycles. The minimum absolute atomic E-state index is 0.0150. The van der Waals surface area contributed by atoms with E-state index in [-0.39, 0.29) is 18.5 Å². The van der Waals surface area contributed by atoms with Crippen LogP contribution in [0.4, 0.5) is 0 Å². The van der Waals surface area contributed by atoms with E-state index in [1.807, 2.05) is 0 Å². The molecule has 0 saturated heterocycles. The molecule has 0 aromatic heterocycles. The van der Waals surface area contributed by atoms with Crippen LogP contribution in [0.2, 0.25) is 0 Å². The van der Waals surface area contributed by atoms with Gasteiger partial charge < -0.3 is 20.3 Å². The van der Waals surface area contributed by atoms with Crippen molar-refractivity contribution in [2.45, 2.75) is 488 Å². The van der Waals surface area contributed by atoms with Crippen molar-refractivity contribution in [1.82, 2.24) is 5.32 Å². The lowest BCUT2D eigenvalue weighted by atomic mass is 10.0. The zero-order valence-corrected chi connectivity index (χ0v) is 61.4. The normalized spacial score (nSPS) is 12.5. The van der Waals surface area contributed by atoms with Gasteiger partial charge in [-0.1, -0.05) is 430 Å². The summed E-state index contributed by atoms with van der Waals surface area (Å²) in [6, 6.07) is -0.539. The van der Waals surface area contributed by atoms with Gasteiger partial charge in [-0.05, 0) is 57.8 Å². The van der Waals surface area contributed by atoms with Gasteiger partial charge in [-0.2, -0.15) is 0 Å². The quantitative estimate of drug-likeness (QED) is 0.0320. The van der Waals surface area contributed by atoms with Crippen molar-refractivity contribution in [2.75, 3.05) is 13.2 Å². The van der Waals surface area contributed by atoms with Gasteiger partial charge in [-0.15, -0.1) is 0 Å². The number of hydrogen-bond donors (Lipinski definition) is 3. The maximum Gasteiger partial charge on any atom is 0.305 e. The third kappa shape index (κ3) is 75.4. The summed E-state index contributed by atoms with van der Waals surface area (Å²) < 4.78 is 5.51. The molecule has 2 unspecified atom stereocenters. The molecule has 0 radical (unpaired) electrons. The third-order valence-corrected chi connectivity index (χ3v) is 19.8. The zero-order valence-electron chi connectivity index (χ0n) is 61.4. The molecule has 0 saturated carbocycles. The molecule has 6 nitrogen and oxygen atoms in total. The van der Waals surface area contributed by atoms with Gasteiger partial charge in [0, 0.05) is 12.8 Å². The molecule has 2 atom stereocenters. The largest absolute Gasteiger partial charge is 0.466 e. The number of rotatable bonds is 79. The van der Waals surface area contributed by atoms with Gasteiger partial charge in [0.1, 0.15) is 0 Å². The Morgan fingerprint density at radius 2 is 0.556 bits per heavy atom. The van der Waals surface area contributed by atoms with Crippen LogP contribution in [0.5, 0.6) is 0 Å². The van der Waals surface area contributed by atoms with Gasteiger partial charge >= 0.3 is 5.97 Å². The van der Waals surface area contributed by atoms with Crippen LogP contribution in [0, 0.1) is 0 Å². The monoisotopic (exact) mass is 1270 g/mol. The smallest absolute Gasteiger partial charge is 0.305 e. The number of carbonyl (C=O) groups is 2. The third-order valence-electron chi connectivity index (χ3n) is 19.8. The van der Waals surface area contributed by atoms with Crippen LogP contribution in [-0.2, 0) is 14.3 Å². The first kappa shape index (κ1) is 88.3. The van der Waals surface area contributed by atoms with E-state index in [1.165, 1.54) is 392 Å². The summed E-state index contributed by atoms with van der Waals surface area (Å²) in [4.78, 5) is 24.7. The van der Waals surface area contributed by atoms with Crippen LogP contribution in [0.3, 0.4) is 0 Å². The first-order chi connectivity index (χ1) is 44.5. The molecule has 0 spiro atoms. The molecule has 534 valence electrons. The topological polar surface area (TPSA) is 95.9 Å². The molecular formula is C84H163NO5. The number of allylic oxidation sites excluding steroid dienone is 4. The minimum Gasteiger partial charge on any atom is -0.466 e. The van der Waals surface area contributed by atoms with E-state index < -0.39 is 12.1 Å². The van der Waals surface area contributed by atoms with Crippen molar-refractivity contribution < 1.29 is 24.5 Å². The van der Waals surface area contributed by atoms with Crippen LogP contribution < -0.4 is 5.32 Å². The van der Waals surface area contributed by atoms with Gasteiger partial charge in [-0.3, -0.25) is 9.59 Å². The van der Waals surface area contributed by atoms with E-state index in [0.29, 0.717) is 25.9 Å². The number of unbranched alkanes of at least 4 members (excludes halogenated alkanes) is 64. The Morgan fingerprint density at radius 3 is 0.867 bits per heavy atom. The predicted octanol–water partition coefficient (Wildman–Crippen LogP) is 27.6. The fraction of sp³-hybridized carbons (Fsp3) is 0.929. The second-order valence-corrected chi connectivity index (χ2v) is 28.8. The van der Waals surface area contributed by atoms with Crippen molar-refractivity contribution >= 4 is 11.9 Å². The number of amides is 1. The number of hydrogen-bond acceptors (Lipinski definition) is 5. The minimum atomic E-state index is -0.662. The first-order valence-corrected chi connectivity index (χ1v) is 41.6. The van der Waals surface area contributed by atoms with Gasteiger partial charge in [0.05, 0.1) is 25.4 Å². The number of esters is 1. The number of aliphatic hydroxyl groups excluding tert-OH is 2. The molecule has 0 rings (SSSR count). The number of aliphatic hydroxyl groups is 2. The van der Waals surface area contributed by atoms with Crippen molar-refractivity contribution in [3.63, 3.8) is 0 Å². The molecule has 1 amide bonds. The van der Waals surface area contributed by atoms with Crippen LogP contribution >= 0.6 is 0 Å². The Bertz CT molecular complexity index is 1410. The van der Waals surface area contributed by atoms with Gasteiger partial charge in [0.2, 0.25) is 5.91 Å². The standard InChI is InChI=1S/C84H163NO5/c1-3-5-7-9-11-13-15-17-19-21-22-23-35-38-41-45-48-52-56-60-64-68-72-76-82(87)81(80-86)85-83(88)77-73-69-65-61-57-53-49-46-42-39-36-33-31-29-27-25-24-26-28-30-32-34-37-40-43-47-51-55-59-63-67-71-75-79-90-84(89)78-74-70-66-62-58-54-50-44-20-18-16-14-12-10-8-6-4-2/h12,14,18,20,81-82,86-87H,3-11,13,15-17,19,21-80H2,1-2H3,(H,85,88)/b14-12-,20-18-. The van der Waals surface area contributed by atoms with E-state index in [9.17, 15) is 19.8 Å². The number of carbonyl (C=O) groups excluding carboxylic acids is 2. The SMILES string of the molecule is CCCCC/C=C\C/C=C\CCCCCCCCCC(=O)OCCCCCCCCCCCCCCCCCCCCCCCCCCCCCCCCCCCC(=O)NC(CO)C(O)CCCCCCCCCCCCCCCCCCCCCCCCC. The van der Waals surface area contributed by atoms with Crippen molar-refractivity contribution in [3.8, 4) is 0 Å². The predicted molar refractivity (Wildman–Crippen MR) is 398 cm³/mol. The molecule has 6 heteroatoms. The molecule has 0 bridgehead atoms. The number of ether oxygens (including phenoxy) is 1. The summed E-state index contributed by atoms with van der Waals surface area (Å²) in [5.74, 6) is -0.00914. The summed E-state index contributed by atoms with van der Waals surface area (Å²) in [5.41, 5.74) is 0. The average molecular weight is 1270 g/mol. The molecule has 90 heavy (non-hydrogen) atoms. The van der Waals surface area contributed by atoms with Crippen LogP contribution in [0.15, 0.2) is 24.3 Å². The van der Waals surface area contributed by atoms with Gasteiger partial charge in [0.15, 0.2) is 0 Å². The summed E-state index contributed by atoms with van der Waals surface area (Å²) in [6.07, 6.45) is 103. The lowest BCUT2D eigenvalue weighted by Crippen LogP contribution is -2.45. The maximum atomic E-state index is 12.6. The Hall–Kier alpha value is -1.66. The van der Waals surface area contributed by atoms with Crippen LogP contribution in [0.1, 0.15) is 476 Å². The summed E-state index contributed by atoms with van der Waals surface area (Å²) >= 11 is 0. The Morgan fingerprint density at radius 1 is 0.311 bits per heavy atom. The van der Waals surface area contributed by atoms with Gasteiger partial charge in [0.25, 0.3) is 0 Å². The Labute approximate surface area is 564 Å². The van der Waals surface area contributed by atoms with Crippen LogP contribution in [-0.4, -0.2) is 47.4 Å².